The highest BCUT2D eigenvalue weighted by molar-refractivity contribution is 7.92. The molecule has 41 heavy (non-hydrogen) atoms. The monoisotopic (exact) mass is 611 g/mol. The van der Waals surface area contributed by atoms with Gasteiger partial charge < -0.3 is 19.7 Å². The number of benzene rings is 4. The number of sulfonamides is 1. The van der Waals surface area contributed by atoms with Gasteiger partial charge in [0.1, 0.15) is 18.1 Å². The standard InChI is InChI=1S/C29H23Cl2N3O6S/c30-19-5-14-26(33-41(37,38)23-12-10-22(11-13-23)40-27-4-2-1-3-25(27)31)24(17-19)29(36)32-20-6-8-21(9-7-20)34-15-16-39-18-28(34)35/h1-14,17,33H,15-16,18H2,(H,32,36). The molecule has 0 unspecified atom stereocenters. The summed E-state index contributed by atoms with van der Waals surface area (Å²) in [5.74, 6) is 0.104. The molecule has 0 spiro atoms. The van der Waals surface area contributed by atoms with Crippen molar-refractivity contribution in [1.82, 2.24) is 0 Å². The van der Waals surface area contributed by atoms with Crippen molar-refractivity contribution in [2.45, 2.75) is 4.90 Å². The fraction of sp³-hybridized carbons (Fsp3) is 0.103. The smallest absolute Gasteiger partial charge is 0.261 e. The molecule has 4 aromatic rings. The Kier molecular flexibility index (Phi) is 8.46. The minimum Gasteiger partial charge on any atom is -0.456 e. The number of ether oxygens (including phenoxy) is 2. The first-order chi connectivity index (χ1) is 19.7. The van der Waals surface area contributed by atoms with E-state index < -0.39 is 15.9 Å². The van der Waals surface area contributed by atoms with Gasteiger partial charge in [-0.25, -0.2) is 8.42 Å². The number of hydrogen-bond acceptors (Lipinski definition) is 6. The van der Waals surface area contributed by atoms with Crippen LogP contribution in [0.15, 0.2) is 95.9 Å². The molecule has 2 N–H and O–H groups in total. The fourth-order valence-corrected chi connectivity index (χ4v) is 5.48. The van der Waals surface area contributed by atoms with E-state index in [4.69, 9.17) is 32.7 Å². The second kappa shape index (κ2) is 12.2. The van der Waals surface area contributed by atoms with Gasteiger partial charge in [0, 0.05) is 22.9 Å². The SMILES string of the molecule is O=C(Nc1ccc(N2CCOCC2=O)cc1)c1cc(Cl)ccc1NS(=O)(=O)c1ccc(Oc2ccccc2Cl)cc1. The summed E-state index contributed by atoms with van der Waals surface area (Å²) in [4.78, 5) is 26.8. The van der Waals surface area contributed by atoms with Crippen LogP contribution in [0.1, 0.15) is 10.4 Å². The lowest BCUT2D eigenvalue weighted by Crippen LogP contribution is -2.41. The highest BCUT2D eigenvalue weighted by Gasteiger charge is 2.22. The largest absolute Gasteiger partial charge is 0.456 e. The molecule has 1 aliphatic heterocycles. The van der Waals surface area contributed by atoms with Crippen LogP contribution in [0.5, 0.6) is 11.5 Å². The zero-order chi connectivity index (χ0) is 29.0. The van der Waals surface area contributed by atoms with Crippen molar-refractivity contribution in [3.63, 3.8) is 0 Å². The van der Waals surface area contributed by atoms with Crippen LogP contribution in [0.2, 0.25) is 10.0 Å². The molecule has 1 saturated heterocycles. The van der Waals surface area contributed by atoms with Gasteiger partial charge in [0.15, 0.2) is 0 Å². The number of nitrogens with zero attached hydrogens (tertiary/aromatic N) is 1. The number of nitrogens with one attached hydrogen (secondary N) is 2. The maximum Gasteiger partial charge on any atom is 0.261 e. The molecule has 0 radical (unpaired) electrons. The lowest BCUT2D eigenvalue weighted by atomic mass is 10.1. The maximum atomic E-state index is 13.2. The molecule has 9 nitrogen and oxygen atoms in total. The number of anilines is 3. The number of rotatable bonds is 8. The molecular formula is C29H23Cl2N3O6S. The number of morpholine rings is 1. The Hall–Kier alpha value is -4.09. The van der Waals surface area contributed by atoms with Crippen molar-refractivity contribution in [2.24, 2.45) is 0 Å². The van der Waals surface area contributed by atoms with Gasteiger partial charge in [-0.2, -0.15) is 0 Å². The van der Waals surface area contributed by atoms with Crippen molar-refractivity contribution in [3.05, 3.63) is 107 Å². The van der Waals surface area contributed by atoms with Gasteiger partial charge in [0.05, 0.1) is 27.8 Å². The molecule has 1 aliphatic rings. The first kappa shape index (κ1) is 28.4. The van der Waals surface area contributed by atoms with Crippen LogP contribution in [-0.4, -0.2) is 40.0 Å². The number of carbonyl (C=O) groups excluding carboxylic acids is 2. The van der Waals surface area contributed by atoms with Crippen molar-refractivity contribution in [1.29, 1.82) is 0 Å². The summed E-state index contributed by atoms with van der Waals surface area (Å²) in [6.45, 7) is 0.901. The lowest BCUT2D eigenvalue weighted by molar-refractivity contribution is -0.125. The third kappa shape index (κ3) is 6.80. The maximum absolute atomic E-state index is 13.2. The van der Waals surface area contributed by atoms with Gasteiger partial charge >= 0.3 is 0 Å². The Morgan fingerprint density at radius 1 is 0.927 bits per heavy atom. The van der Waals surface area contributed by atoms with Gasteiger partial charge in [0.2, 0.25) is 0 Å². The summed E-state index contributed by atoms with van der Waals surface area (Å²) in [5.41, 5.74) is 1.18. The highest BCUT2D eigenvalue weighted by Crippen LogP contribution is 2.30. The van der Waals surface area contributed by atoms with E-state index in [9.17, 15) is 18.0 Å². The topological polar surface area (TPSA) is 114 Å². The molecule has 0 saturated carbocycles. The van der Waals surface area contributed by atoms with Gasteiger partial charge in [0.25, 0.3) is 21.8 Å². The first-order valence-corrected chi connectivity index (χ1v) is 14.6. The minimum absolute atomic E-state index is 0.0203. The summed E-state index contributed by atoms with van der Waals surface area (Å²) in [6, 6.07) is 23.7. The molecule has 1 fully saturated rings. The first-order valence-electron chi connectivity index (χ1n) is 12.3. The van der Waals surface area contributed by atoms with Crippen molar-refractivity contribution in [2.75, 3.05) is 34.7 Å². The Bertz CT molecular complexity index is 1700. The Labute approximate surface area is 246 Å². The highest BCUT2D eigenvalue weighted by atomic mass is 35.5. The van der Waals surface area contributed by atoms with E-state index in [1.54, 1.807) is 53.4 Å². The second-order valence-electron chi connectivity index (χ2n) is 8.90. The third-order valence-corrected chi connectivity index (χ3v) is 8.02. The Balaban J connectivity index is 1.30. The number of hydrogen-bond donors (Lipinski definition) is 2. The molecule has 210 valence electrons. The van der Waals surface area contributed by atoms with Gasteiger partial charge in [-0.3, -0.25) is 14.3 Å². The molecule has 0 atom stereocenters. The fourth-order valence-electron chi connectivity index (χ4n) is 4.05. The number of halogens is 2. The summed E-state index contributed by atoms with van der Waals surface area (Å²) >= 11 is 12.3. The average Bonchev–Trinajstić information content (AvgIpc) is 2.96. The zero-order valence-electron chi connectivity index (χ0n) is 21.3. The minimum atomic E-state index is -4.08. The van der Waals surface area contributed by atoms with Crippen molar-refractivity contribution in [3.8, 4) is 11.5 Å². The van der Waals surface area contributed by atoms with Crippen LogP contribution < -0.4 is 19.7 Å². The zero-order valence-corrected chi connectivity index (χ0v) is 23.7. The molecule has 0 aliphatic carbocycles. The van der Waals surface area contributed by atoms with E-state index in [2.05, 4.69) is 10.0 Å². The molecule has 2 amide bonds. The normalized spacial score (nSPS) is 13.5. The lowest BCUT2D eigenvalue weighted by Gasteiger charge is -2.26. The second-order valence-corrected chi connectivity index (χ2v) is 11.4. The summed E-state index contributed by atoms with van der Waals surface area (Å²) in [5, 5.41) is 3.41. The number of para-hydroxylation sites is 1. The van der Waals surface area contributed by atoms with Crippen molar-refractivity contribution >= 4 is 62.1 Å². The molecule has 4 aromatic carbocycles. The molecule has 0 bridgehead atoms. The van der Waals surface area contributed by atoms with Gasteiger partial charge in [-0.05, 0) is 78.9 Å². The van der Waals surface area contributed by atoms with E-state index in [0.717, 1.165) is 0 Å². The molecule has 1 heterocycles. The third-order valence-electron chi connectivity index (χ3n) is 6.09. The van der Waals surface area contributed by atoms with Crippen LogP contribution >= 0.6 is 23.2 Å². The van der Waals surface area contributed by atoms with E-state index in [1.165, 1.54) is 42.5 Å². The predicted molar refractivity (Wildman–Crippen MR) is 158 cm³/mol. The average molecular weight is 612 g/mol. The Morgan fingerprint density at radius 3 is 2.37 bits per heavy atom. The van der Waals surface area contributed by atoms with Crippen molar-refractivity contribution < 1.29 is 27.5 Å². The summed E-state index contributed by atoms with van der Waals surface area (Å²) in [7, 11) is -4.08. The number of carbonyl (C=O) groups is 2. The predicted octanol–water partition coefficient (Wildman–Crippen LogP) is 6.20. The van der Waals surface area contributed by atoms with E-state index >= 15 is 0 Å². The quantitative estimate of drug-likeness (QED) is 0.245. The van der Waals surface area contributed by atoms with Crippen LogP contribution in [0.25, 0.3) is 0 Å². The molecule has 5 rings (SSSR count). The van der Waals surface area contributed by atoms with Crippen LogP contribution in [-0.2, 0) is 19.6 Å². The van der Waals surface area contributed by atoms with Crippen LogP contribution in [0.4, 0.5) is 17.1 Å². The summed E-state index contributed by atoms with van der Waals surface area (Å²) in [6.07, 6.45) is 0. The van der Waals surface area contributed by atoms with Gasteiger partial charge in [-0.1, -0.05) is 35.3 Å². The van der Waals surface area contributed by atoms with Gasteiger partial charge in [-0.15, -0.1) is 0 Å². The Morgan fingerprint density at radius 2 is 1.66 bits per heavy atom. The van der Waals surface area contributed by atoms with Crippen LogP contribution in [0, 0.1) is 0 Å². The molecular weight excluding hydrogens is 589 g/mol. The van der Waals surface area contributed by atoms with Crippen LogP contribution in [0.3, 0.4) is 0 Å². The molecule has 0 aromatic heterocycles. The number of amides is 2. The molecule has 12 heteroatoms. The van der Waals surface area contributed by atoms with E-state index in [1.807, 2.05) is 0 Å². The van der Waals surface area contributed by atoms with E-state index in [-0.39, 0.29) is 33.7 Å². The summed E-state index contributed by atoms with van der Waals surface area (Å²) < 4.78 is 39.7. The van der Waals surface area contributed by atoms with E-state index in [0.29, 0.717) is 41.0 Å².